The predicted molar refractivity (Wildman–Crippen MR) is 113 cm³/mol. The van der Waals surface area contributed by atoms with Crippen LogP contribution in [-0.4, -0.2) is 18.6 Å². The molecule has 0 aliphatic heterocycles. The third-order valence-corrected chi connectivity index (χ3v) is 6.84. The van der Waals surface area contributed by atoms with E-state index in [1.54, 1.807) is 0 Å². The molecule has 1 heterocycles. The van der Waals surface area contributed by atoms with E-state index in [9.17, 15) is 9.59 Å². The topological polar surface area (TPSA) is 68.5 Å². The van der Waals surface area contributed by atoms with Gasteiger partial charge in [0.2, 0.25) is 0 Å². The van der Waals surface area contributed by atoms with Crippen molar-refractivity contribution in [3.8, 4) is 5.75 Å². The largest absolute Gasteiger partial charge is 0.483 e. The van der Waals surface area contributed by atoms with E-state index in [-0.39, 0.29) is 24.2 Å². The summed E-state index contributed by atoms with van der Waals surface area (Å²) >= 11 is 0. The second kappa shape index (κ2) is 8.21. The fraction of sp³-hybridized carbons (Fsp3) is 0.583. The molecule has 0 bridgehead atoms. The van der Waals surface area contributed by atoms with Crippen LogP contribution in [0.25, 0.3) is 11.0 Å². The normalized spacial score (nSPS) is 24.2. The van der Waals surface area contributed by atoms with Crippen LogP contribution in [0.4, 0.5) is 0 Å². The minimum atomic E-state index is -0.234. The number of rotatable bonds is 4. The second-order valence-electron chi connectivity index (χ2n) is 8.92. The van der Waals surface area contributed by atoms with E-state index in [0.29, 0.717) is 23.2 Å². The van der Waals surface area contributed by atoms with Crippen LogP contribution >= 0.6 is 0 Å². The van der Waals surface area contributed by atoms with Crippen LogP contribution in [0.15, 0.2) is 21.3 Å². The van der Waals surface area contributed by atoms with E-state index in [2.05, 4.69) is 19.2 Å². The highest BCUT2D eigenvalue weighted by Gasteiger charge is 2.28. The van der Waals surface area contributed by atoms with Crippen LogP contribution < -0.4 is 15.7 Å². The molecule has 3 atom stereocenters. The third-order valence-electron chi connectivity index (χ3n) is 6.84. The number of nitrogens with one attached hydrogen (secondary N) is 1. The zero-order valence-corrected chi connectivity index (χ0v) is 17.7. The van der Waals surface area contributed by atoms with Crippen molar-refractivity contribution < 1.29 is 13.9 Å². The Kier molecular flexibility index (Phi) is 5.66. The van der Waals surface area contributed by atoms with Crippen LogP contribution in [0.5, 0.6) is 5.75 Å². The van der Waals surface area contributed by atoms with Gasteiger partial charge in [-0.25, -0.2) is 4.79 Å². The van der Waals surface area contributed by atoms with Crippen LogP contribution in [-0.2, 0) is 17.6 Å². The number of fused-ring (bicyclic) bond motifs is 3. The van der Waals surface area contributed by atoms with Gasteiger partial charge in [0.15, 0.2) is 6.61 Å². The van der Waals surface area contributed by atoms with Crippen LogP contribution in [0.3, 0.4) is 0 Å². The zero-order chi connectivity index (χ0) is 20.5. The number of hydrogen-bond donors (Lipinski definition) is 1. The molecular formula is C24H31NO4. The maximum atomic E-state index is 12.6. The van der Waals surface area contributed by atoms with Gasteiger partial charge < -0.3 is 14.5 Å². The van der Waals surface area contributed by atoms with Crippen LogP contribution in [0.2, 0.25) is 0 Å². The lowest BCUT2D eigenvalue weighted by Gasteiger charge is -2.34. The molecule has 1 N–H and O–H groups in total. The first-order valence-electron chi connectivity index (χ1n) is 11.0. The van der Waals surface area contributed by atoms with Crippen molar-refractivity contribution in [2.75, 3.05) is 6.61 Å². The van der Waals surface area contributed by atoms with Gasteiger partial charge in [-0.1, -0.05) is 26.7 Å². The summed E-state index contributed by atoms with van der Waals surface area (Å²) in [5.74, 6) is 1.66. The van der Waals surface area contributed by atoms with Gasteiger partial charge in [-0.15, -0.1) is 0 Å². The average molecular weight is 398 g/mol. The Balaban J connectivity index is 1.56. The predicted octanol–water partition coefficient (Wildman–Crippen LogP) is 4.30. The first kappa shape index (κ1) is 20.0. The first-order valence-corrected chi connectivity index (χ1v) is 11.0. The van der Waals surface area contributed by atoms with Gasteiger partial charge in [0, 0.05) is 11.6 Å². The van der Waals surface area contributed by atoms with Crippen LogP contribution in [0.1, 0.15) is 62.6 Å². The molecule has 2 aliphatic carbocycles. The molecule has 5 heteroatoms. The van der Waals surface area contributed by atoms with Crippen molar-refractivity contribution in [3.05, 3.63) is 39.2 Å². The van der Waals surface area contributed by atoms with Gasteiger partial charge in [0.1, 0.15) is 11.3 Å². The highest BCUT2D eigenvalue weighted by molar-refractivity contribution is 5.89. The van der Waals surface area contributed by atoms with E-state index in [4.69, 9.17) is 9.15 Å². The standard InChI is InChI=1S/C24H31NO4/c1-14-11-20(28-13-22(26)25-19-10-6-7-15(2)16(19)3)23-17-8-4-5-9-18(17)24(27)29-21(23)12-14/h11-12,15-16,19H,4-10,13H2,1-3H3,(H,25,26)/t15-,16-,19-/m0/s1. The number of carbonyl (C=O) groups excluding carboxylic acids is 1. The molecule has 0 spiro atoms. The average Bonchev–Trinajstić information content (AvgIpc) is 2.69. The number of benzene rings is 1. The van der Waals surface area contributed by atoms with E-state index in [0.717, 1.165) is 60.6 Å². The zero-order valence-electron chi connectivity index (χ0n) is 17.7. The SMILES string of the molecule is Cc1cc(OCC(=O)N[C@H]2CCC[C@H](C)[C@@H]2C)c2c3c(c(=O)oc2c1)CCCC3. The molecule has 0 saturated heterocycles. The van der Waals surface area contributed by atoms with Gasteiger partial charge in [-0.3, -0.25) is 4.79 Å². The molecule has 4 rings (SSSR count). The lowest BCUT2D eigenvalue weighted by molar-refractivity contribution is -0.124. The minimum absolute atomic E-state index is 0.0238. The van der Waals surface area contributed by atoms with Crippen molar-refractivity contribution in [2.45, 2.75) is 71.8 Å². The van der Waals surface area contributed by atoms with Crippen molar-refractivity contribution >= 4 is 16.9 Å². The van der Waals surface area contributed by atoms with Crippen molar-refractivity contribution in [2.24, 2.45) is 11.8 Å². The van der Waals surface area contributed by atoms with E-state index < -0.39 is 0 Å². The fourth-order valence-corrected chi connectivity index (χ4v) is 4.96. The van der Waals surface area contributed by atoms with Gasteiger partial charge in [0.05, 0.1) is 5.39 Å². The lowest BCUT2D eigenvalue weighted by Crippen LogP contribution is -2.45. The van der Waals surface area contributed by atoms with Gasteiger partial charge >= 0.3 is 5.63 Å². The number of amides is 1. The summed E-state index contributed by atoms with van der Waals surface area (Å²) < 4.78 is 11.6. The molecule has 2 aliphatic rings. The third kappa shape index (κ3) is 4.05. The van der Waals surface area contributed by atoms with Gasteiger partial charge in [-0.05, 0) is 74.1 Å². The molecule has 1 saturated carbocycles. The second-order valence-corrected chi connectivity index (χ2v) is 8.92. The molecule has 0 unspecified atom stereocenters. The van der Waals surface area contributed by atoms with E-state index in [1.165, 1.54) is 6.42 Å². The number of aryl methyl sites for hydroxylation is 2. The summed E-state index contributed by atoms with van der Waals surface area (Å²) in [5, 5.41) is 4.02. The number of carbonyl (C=O) groups is 1. The first-order chi connectivity index (χ1) is 13.9. The maximum absolute atomic E-state index is 12.6. The fourth-order valence-electron chi connectivity index (χ4n) is 4.96. The molecule has 5 nitrogen and oxygen atoms in total. The minimum Gasteiger partial charge on any atom is -0.483 e. The molecule has 29 heavy (non-hydrogen) atoms. The highest BCUT2D eigenvalue weighted by atomic mass is 16.5. The Morgan fingerprint density at radius 3 is 2.69 bits per heavy atom. The molecule has 1 amide bonds. The Labute approximate surface area is 171 Å². The van der Waals surface area contributed by atoms with Crippen molar-refractivity contribution in [1.29, 1.82) is 0 Å². The molecular weight excluding hydrogens is 366 g/mol. The van der Waals surface area contributed by atoms with Gasteiger partial charge in [-0.2, -0.15) is 0 Å². The summed E-state index contributed by atoms with van der Waals surface area (Å²) in [5.41, 5.74) is 3.07. The van der Waals surface area contributed by atoms with Crippen molar-refractivity contribution in [3.63, 3.8) is 0 Å². The van der Waals surface area contributed by atoms with E-state index >= 15 is 0 Å². The molecule has 1 aromatic heterocycles. The van der Waals surface area contributed by atoms with E-state index in [1.807, 2.05) is 19.1 Å². The molecule has 156 valence electrons. The smallest absolute Gasteiger partial charge is 0.339 e. The Bertz CT molecular complexity index is 977. The Morgan fingerprint density at radius 1 is 1.14 bits per heavy atom. The number of ether oxygens (including phenoxy) is 1. The summed E-state index contributed by atoms with van der Waals surface area (Å²) in [7, 11) is 0. The summed E-state index contributed by atoms with van der Waals surface area (Å²) in [6.07, 6.45) is 7.08. The van der Waals surface area contributed by atoms with Gasteiger partial charge in [0.25, 0.3) is 5.91 Å². The molecule has 2 aromatic rings. The van der Waals surface area contributed by atoms with Crippen molar-refractivity contribution in [1.82, 2.24) is 5.32 Å². The molecule has 0 radical (unpaired) electrons. The van der Waals surface area contributed by atoms with Crippen LogP contribution in [0, 0.1) is 18.8 Å². The Hall–Kier alpha value is -2.30. The molecule has 1 fully saturated rings. The maximum Gasteiger partial charge on any atom is 0.339 e. The lowest BCUT2D eigenvalue weighted by atomic mass is 9.78. The Morgan fingerprint density at radius 2 is 1.90 bits per heavy atom. The summed E-state index contributed by atoms with van der Waals surface area (Å²) in [4.78, 5) is 25.0. The summed E-state index contributed by atoms with van der Waals surface area (Å²) in [6.45, 7) is 6.40. The quantitative estimate of drug-likeness (QED) is 0.781. The monoisotopic (exact) mass is 397 g/mol. The summed E-state index contributed by atoms with van der Waals surface area (Å²) in [6, 6.07) is 4.04. The number of hydrogen-bond acceptors (Lipinski definition) is 4. The highest BCUT2D eigenvalue weighted by Crippen LogP contribution is 2.34. The molecule has 1 aromatic carbocycles.